The molecule has 0 unspecified atom stereocenters. The van der Waals surface area contributed by atoms with Crippen molar-refractivity contribution in [3.8, 4) is 11.3 Å². The van der Waals surface area contributed by atoms with Crippen LogP contribution in [0, 0.1) is 11.6 Å². The van der Waals surface area contributed by atoms with Crippen LogP contribution in [0.3, 0.4) is 0 Å². The van der Waals surface area contributed by atoms with Crippen LogP contribution >= 0.6 is 11.6 Å². The molecule has 1 fully saturated rings. The Labute approximate surface area is 170 Å². The molecule has 1 atom stereocenters. The molecule has 4 rings (SSSR count). The zero-order chi connectivity index (χ0) is 20.5. The molecular weight excluding hydrogens is 402 g/mol. The van der Waals surface area contributed by atoms with E-state index in [9.17, 15) is 13.6 Å². The van der Waals surface area contributed by atoms with Crippen LogP contribution in [-0.2, 0) is 11.8 Å². The van der Waals surface area contributed by atoms with E-state index in [1.54, 1.807) is 31.6 Å². The lowest BCUT2D eigenvalue weighted by Crippen LogP contribution is -2.41. The molecule has 1 aliphatic heterocycles. The van der Waals surface area contributed by atoms with Crippen molar-refractivity contribution in [2.24, 2.45) is 7.05 Å². The normalized spacial score (nSPS) is 16.8. The van der Waals surface area contributed by atoms with Crippen molar-refractivity contribution in [3.05, 3.63) is 75.3 Å². The molecule has 1 aromatic carbocycles. The number of morpholine rings is 1. The van der Waals surface area contributed by atoms with E-state index in [0.717, 1.165) is 17.7 Å². The second-order valence-corrected chi connectivity index (χ2v) is 7.08. The van der Waals surface area contributed by atoms with Crippen LogP contribution in [0.25, 0.3) is 11.3 Å². The highest BCUT2D eigenvalue weighted by atomic mass is 35.5. The van der Waals surface area contributed by atoms with Crippen molar-refractivity contribution in [1.82, 2.24) is 14.5 Å². The Hall–Kier alpha value is -2.84. The Balaban J connectivity index is 1.69. The van der Waals surface area contributed by atoms with Gasteiger partial charge in [-0.3, -0.25) is 14.3 Å². The number of rotatable bonds is 3. The summed E-state index contributed by atoms with van der Waals surface area (Å²) in [5.41, 5.74) is 1.44. The van der Waals surface area contributed by atoms with Gasteiger partial charge in [0.2, 0.25) is 5.95 Å². The first-order valence-electron chi connectivity index (χ1n) is 8.93. The molecule has 1 aliphatic rings. The second kappa shape index (κ2) is 7.88. The minimum atomic E-state index is -1.01. The number of benzene rings is 1. The number of hydrogen-bond acceptors (Lipinski definition) is 5. The third-order valence-corrected chi connectivity index (χ3v) is 5.15. The number of nitrogens with zero attached hydrogens (tertiary/aromatic N) is 4. The summed E-state index contributed by atoms with van der Waals surface area (Å²) in [5.74, 6) is -1.55. The first-order valence-corrected chi connectivity index (χ1v) is 9.31. The first kappa shape index (κ1) is 19.5. The van der Waals surface area contributed by atoms with Gasteiger partial charge in [-0.1, -0.05) is 11.6 Å². The third-order valence-electron chi connectivity index (χ3n) is 4.82. The minimum Gasteiger partial charge on any atom is -0.370 e. The van der Waals surface area contributed by atoms with Crippen LogP contribution in [0.4, 0.5) is 14.7 Å². The molecule has 3 heterocycles. The van der Waals surface area contributed by atoms with Crippen molar-refractivity contribution in [2.75, 3.05) is 24.6 Å². The predicted octanol–water partition coefficient (Wildman–Crippen LogP) is 3.35. The maximum atomic E-state index is 13.7. The van der Waals surface area contributed by atoms with Gasteiger partial charge < -0.3 is 9.64 Å². The van der Waals surface area contributed by atoms with E-state index < -0.39 is 17.7 Å². The molecule has 0 radical (unpaired) electrons. The minimum absolute atomic E-state index is 0.0862. The van der Waals surface area contributed by atoms with E-state index in [-0.39, 0.29) is 17.1 Å². The van der Waals surface area contributed by atoms with E-state index in [4.69, 9.17) is 16.3 Å². The summed E-state index contributed by atoms with van der Waals surface area (Å²) < 4.78 is 34.3. The van der Waals surface area contributed by atoms with Crippen LogP contribution in [0.15, 0.2) is 47.5 Å². The number of anilines is 1. The molecule has 0 bridgehead atoms. The van der Waals surface area contributed by atoms with Crippen LogP contribution in [0.1, 0.15) is 11.7 Å². The third kappa shape index (κ3) is 3.86. The van der Waals surface area contributed by atoms with Crippen LogP contribution < -0.4 is 10.5 Å². The molecule has 150 valence electrons. The van der Waals surface area contributed by atoms with Gasteiger partial charge in [-0.2, -0.15) is 0 Å². The molecule has 29 heavy (non-hydrogen) atoms. The molecule has 0 spiro atoms. The van der Waals surface area contributed by atoms with Crippen molar-refractivity contribution >= 4 is 17.5 Å². The van der Waals surface area contributed by atoms with E-state index >= 15 is 0 Å². The van der Waals surface area contributed by atoms with Gasteiger partial charge in [0.1, 0.15) is 6.10 Å². The standard InChI is InChI=1S/C20H17ClF2N4O2/c1-26-19(28)10-17(12-2-4-24-5-3-12)25-20(26)27-6-7-29-18(11-27)13-8-15(22)16(23)9-14(13)21/h2-5,8-10,18H,6-7,11H2,1H3/t18-/m1/s1. The molecule has 3 aromatic rings. The van der Waals surface area contributed by atoms with Gasteiger partial charge in [-0.05, 0) is 24.3 Å². The molecule has 1 saturated heterocycles. The fourth-order valence-corrected chi connectivity index (χ4v) is 3.56. The van der Waals surface area contributed by atoms with Gasteiger partial charge in [0, 0.05) is 48.2 Å². The summed E-state index contributed by atoms with van der Waals surface area (Å²) in [6, 6.07) is 6.99. The summed E-state index contributed by atoms with van der Waals surface area (Å²) >= 11 is 6.11. The Morgan fingerprint density at radius 3 is 2.66 bits per heavy atom. The highest BCUT2D eigenvalue weighted by molar-refractivity contribution is 6.31. The molecule has 6 nitrogen and oxygen atoms in total. The Morgan fingerprint density at radius 2 is 1.90 bits per heavy atom. The number of halogens is 3. The van der Waals surface area contributed by atoms with Crippen molar-refractivity contribution < 1.29 is 13.5 Å². The van der Waals surface area contributed by atoms with Crippen molar-refractivity contribution in [3.63, 3.8) is 0 Å². The number of pyridine rings is 1. The largest absolute Gasteiger partial charge is 0.370 e. The van der Waals surface area contributed by atoms with Gasteiger partial charge in [0.05, 0.1) is 18.8 Å². The molecule has 2 aromatic heterocycles. The number of ether oxygens (including phenoxy) is 1. The summed E-state index contributed by atoms with van der Waals surface area (Å²) in [6.45, 7) is 1.08. The predicted molar refractivity (Wildman–Crippen MR) is 105 cm³/mol. The van der Waals surface area contributed by atoms with E-state index in [2.05, 4.69) is 9.97 Å². The van der Waals surface area contributed by atoms with Crippen LogP contribution in [-0.4, -0.2) is 34.2 Å². The fraction of sp³-hybridized carbons (Fsp3) is 0.250. The highest BCUT2D eigenvalue weighted by Crippen LogP contribution is 2.31. The Kier molecular flexibility index (Phi) is 5.29. The molecule has 0 N–H and O–H groups in total. The second-order valence-electron chi connectivity index (χ2n) is 6.67. The zero-order valence-corrected chi connectivity index (χ0v) is 16.2. The Morgan fingerprint density at radius 1 is 1.17 bits per heavy atom. The summed E-state index contributed by atoms with van der Waals surface area (Å²) in [5, 5.41) is 0.0862. The van der Waals surface area contributed by atoms with Gasteiger partial charge in [0.25, 0.3) is 5.56 Å². The Bertz CT molecular complexity index is 1110. The first-order chi connectivity index (χ1) is 13.9. The average molecular weight is 419 g/mol. The van der Waals surface area contributed by atoms with Crippen LogP contribution in [0.2, 0.25) is 5.02 Å². The average Bonchev–Trinajstić information content (AvgIpc) is 2.73. The SMILES string of the molecule is Cn1c(N2CCO[C@@H](c3cc(F)c(F)cc3Cl)C2)nc(-c2ccncc2)cc1=O. The van der Waals surface area contributed by atoms with Gasteiger partial charge >= 0.3 is 0 Å². The van der Waals surface area contributed by atoms with E-state index in [0.29, 0.717) is 30.4 Å². The van der Waals surface area contributed by atoms with Crippen LogP contribution in [0.5, 0.6) is 0 Å². The summed E-state index contributed by atoms with van der Waals surface area (Å²) in [4.78, 5) is 23.0. The highest BCUT2D eigenvalue weighted by Gasteiger charge is 2.27. The van der Waals surface area contributed by atoms with E-state index in [1.807, 2.05) is 4.90 Å². The summed E-state index contributed by atoms with van der Waals surface area (Å²) in [7, 11) is 1.63. The lowest BCUT2D eigenvalue weighted by molar-refractivity contribution is 0.0388. The zero-order valence-electron chi connectivity index (χ0n) is 15.5. The fourth-order valence-electron chi connectivity index (χ4n) is 3.28. The molecule has 9 heteroatoms. The van der Waals surface area contributed by atoms with Gasteiger partial charge in [0.15, 0.2) is 11.6 Å². The number of hydrogen-bond donors (Lipinski definition) is 0. The maximum absolute atomic E-state index is 13.7. The lowest BCUT2D eigenvalue weighted by Gasteiger charge is -2.35. The molecule has 0 amide bonds. The number of aromatic nitrogens is 3. The van der Waals surface area contributed by atoms with Gasteiger partial charge in [-0.25, -0.2) is 13.8 Å². The van der Waals surface area contributed by atoms with Crippen molar-refractivity contribution in [1.29, 1.82) is 0 Å². The molecule has 0 saturated carbocycles. The van der Waals surface area contributed by atoms with Gasteiger partial charge in [-0.15, -0.1) is 0 Å². The summed E-state index contributed by atoms with van der Waals surface area (Å²) in [6.07, 6.45) is 2.67. The molecular formula is C20H17ClF2N4O2. The quantitative estimate of drug-likeness (QED) is 0.610. The smallest absolute Gasteiger partial charge is 0.255 e. The topological polar surface area (TPSA) is 60.2 Å². The molecule has 0 aliphatic carbocycles. The van der Waals surface area contributed by atoms with E-state index in [1.165, 1.54) is 10.6 Å². The lowest BCUT2D eigenvalue weighted by atomic mass is 10.1. The van der Waals surface area contributed by atoms with Crippen molar-refractivity contribution in [2.45, 2.75) is 6.10 Å². The monoisotopic (exact) mass is 418 g/mol. The maximum Gasteiger partial charge on any atom is 0.255 e.